The van der Waals surface area contributed by atoms with Crippen LogP contribution in [0.4, 0.5) is 0 Å². The van der Waals surface area contributed by atoms with E-state index >= 15 is 0 Å². The van der Waals surface area contributed by atoms with Gasteiger partial charge in [-0.3, -0.25) is 9.52 Å². The first kappa shape index (κ1) is 17.8. The largest absolute Gasteiger partial charge is 0.353 e. The predicted octanol–water partition coefficient (Wildman–Crippen LogP) is 2.23. The number of nitrogens with one attached hydrogen (secondary N) is 2. The average molecular weight is 297 g/mol. The van der Waals surface area contributed by atoms with Crippen LogP contribution in [0.1, 0.15) is 19.4 Å². The second-order valence-electron chi connectivity index (χ2n) is 3.78. The third kappa shape index (κ3) is 8.54. The molecule has 6 heteroatoms. The van der Waals surface area contributed by atoms with E-state index in [1.807, 2.05) is 26.0 Å². The minimum atomic E-state index is -0.0267. The van der Waals surface area contributed by atoms with Crippen molar-refractivity contribution < 1.29 is 4.79 Å². The van der Waals surface area contributed by atoms with Gasteiger partial charge in [0.15, 0.2) is 0 Å². The Bertz CT molecular complexity index is 413. The minimum Gasteiger partial charge on any atom is -0.353 e. The standard InChI is InChI=1S/C12H15N3OS.CH4S/c1-9(2)15-12(16)8-14-17-11-5-3-10(7-13)4-6-11;1-2/h3-6,9,14H,8H2,1-2H3,(H,15,16);2H,1H3. The van der Waals surface area contributed by atoms with Crippen LogP contribution in [-0.2, 0) is 4.79 Å². The number of carbonyl (C=O) groups is 1. The van der Waals surface area contributed by atoms with E-state index in [0.29, 0.717) is 5.56 Å². The molecule has 0 aliphatic rings. The number of nitrogens with zero attached hydrogens (tertiary/aromatic N) is 1. The number of hydrogen-bond donors (Lipinski definition) is 3. The molecular formula is C13H19N3OS2. The van der Waals surface area contributed by atoms with Gasteiger partial charge in [0, 0.05) is 10.9 Å². The van der Waals surface area contributed by atoms with Gasteiger partial charge in [-0.05, 0) is 56.3 Å². The molecule has 4 nitrogen and oxygen atoms in total. The average Bonchev–Trinajstić information content (AvgIpc) is 2.41. The fourth-order valence-electron chi connectivity index (χ4n) is 1.16. The summed E-state index contributed by atoms with van der Waals surface area (Å²) in [7, 11) is 0. The minimum absolute atomic E-state index is 0.0267. The zero-order chi connectivity index (χ0) is 14.7. The van der Waals surface area contributed by atoms with Crippen LogP contribution in [0.15, 0.2) is 29.2 Å². The lowest BCUT2D eigenvalue weighted by atomic mass is 10.2. The lowest BCUT2D eigenvalue weighted by Crippen LogP contribution is -2.35. The van der Waals surface area contributed by atoms with Gasteiger partial charge in [-0.15, -0.1) is 0 Å². The van der Waals surface area contributed by atoms with E-state index in [2.05, 4.69) is 28.7 Å². The second kappa shape index (κ2) is 10.7. The van der Waals surface area contributed by atoms with Crippen molar-refractivity contribution in [2.45, 2.75) is 24.8 Å². The summed E-state index contributed by atoms with van der Waals surface area (Å²) in [4.78, 5) is 12.3. The summed E-state index contributed by atoms with van der Waals surface area (Å²) in [5.41, 5.74) is 0.631. The summed E-state index contributed by atoms with van der Waals surface area (Å²) >= 11 is 4.90. The number of hydrogen-bond acceptors (Lipinski definition) is 5. The van der Waals surface area contributed by atoms with Gasteiger partial charge >= 0.3 is 0 Å². The Hall–Kier alpha value is -1.16. The van der Waals surface area contributed by atoms with Crippen LogP contribution in [0, 0.1) is 11.3 Å². The Morgan fingerprint density at radius 2 is 1.95 bits per heavy atom. The molecule has 0 aliphatic heterocycles. The Morgan fingerprint density at radius 3 is 2.42 bits per heavy atom. The third-order valence-corrected chi connectivity index (χ3v) is 2.65. The highest BCUT2D eigenvalue weighted by Gasteiger charge is 2.02. The molecule has 104 valence electrons. The quantitative estimate of drug-likeness (QED) is 0.576. The van der Waals surface area contributed by atoms with Gasteiger partial charge in [-0.1, -0.05) is 0 Å². The summed E-state index contributed by atoms with van der Waals surface area (Å²) in [6, 6.07) is 9.40. The smallest absolute Gasteiger partial charge is 0.235 e. The van der Waals surface area contributed by atoms with Crippen molar-refractivity contribution in [3.05, 3.63) is 29.8 Å². The molecule has 0 radical (unpaired) electrons. The Morgan fingerprint density at radius 1 is 1.37 bits per heavy atom. The molecule has 1 amide bonds. The van der Waals surface area contributed by atoms with Crippen molar-refractivity contribution in [2.75, 3.05) is 12.8 Å². The normalized spacial score (nSPS) is 9.26. The molecule has 0 aromatic heterocycles. The molecule has 0 heterocycles. The van der Waals surface area contributed by atoms with Crippen molar-refractivity contribution in [3.63, 3.8) is 0 Å². The SMILES string of the molecule is CC(C)NC(=O)CNSc1ccc(C#N)cc1.CS. The van der Waals surface area contributed by atoms with Crippen molar-refractivity contribution in [1.29, 1.82) is 5.26 Å². The predicted molar refractivity (Wildman–Crippen MR) is 83.2 cm³/mol. The van der Waals surface area contributed by atoms with Crippen LogP contribution in [0.2, 0.25) is 0 Å². The molecule has 1 rings (SSSR count). The Balaban J connectivity index is 0.00000154. The highest BCUT2D eigenvalue weighted by atomic mass is 32.2. The number of nitriles is 1. The molecule has 0 fully saturated rings. The summed E-state index contributed by atoms with van der Waals surface area (Å²) in [5.74, 6) is -0.0267. The summed E-state index contributed by atoms with van der Waals surface area (Å²) in [5, 5.41) is 11.4. The maximum absolute atomic E-state index is 11.3. The maximum Gasteiger partial charge on any atom is 0.235 e. The number of rotatable bonds is 5. The van der Waals surface area contributed by atoms with E-state index in [4.69, 9.17) is 5.26 Å². The van der Waals surface area contributed by atoms with Crippen molar-refractivity contribution >= 4 is 30.5 Å². The van der Waals surface area contributed by atoms with E-state index in [-0.39, 0.29) is 18.5 Å². The van der Waals surface area contributed by atoms with Crippen molar-refractivity contribution in [3.8, 4) is 6.07 Å². The second-order valence-corrected chi connectivity index (χ2v) is 4.75. The maximum atomic E-state index is 11.3. The lowest BCUT2D eigenvalue weighted by molar-refractivity contribution is -0.120. The van der Waals surface area contributed by atoms with Crippen LogP contribution in [0.5, 0.6) is 0 Å². The van der Waals surface area contributed by atoms with Crippen LogP contribution in [0.3, 0.4) is 0 Å². The van der Waals surface area contributed by atoms with Gasteiger partial charge in [0.2, 0.25) is 5.91 Å². The van der Waals surface area contributed by atoms with E-state index in [0.717, 1.165) is 4.90 Å². The van der Waals surface area contributed by atoms with E-state index in [1.54, 1.807) is 18.4 Å². The Kier molecular flexibility index (Phi) is 10.1. The summed E-state index contributed by atoms with van der Waals surface area (Å²) in [6.07, 6.45) is 1.69. The third-order valence-electron chi connectivity index (χ3n) is 1.86. The van der Waals surface area contributed by atoms with Gasteiger partial charge in [0.25, 0.3) is 0 Å². The molecule has 0 unspecified atom stereocenters. The number of amides is 1. The zero-order valence-corrected chi connectivity index (χ0v) is 13.0. The fraction of sp³-hybridized carbons (Fsp3) is 0.385. The Labute approximate surface area is 124 Å². The highest BCUT2D eigenvalue weighted by Crippen LogP contribution is 2.14. The van der Waals surface area contributed by atoms with E-state index < -0.39 is 0 Å². The number of benzene rings is 1. The van der Waals surface area contributed by atoms with Gasteiger partial charge in [0.1, 0.15) is 0 Å². The van der Waals surface area contributed by atoms with Gasteiger partial charge in [0.05, 0.1) is 18.2 Å². The fourth-order valence-corrected chi connectivity index (χ4v) is 1.80. The molecule has 19 heavy (non-hydrogen) atoms. The van der Waals surface area contributed by atoms with Crippen LogP contribution in [0.25, 0.3) is 0 Å². The van der Waals surface area contributed by atoms with Crippen molar-refractivity contribution in [1.82, 2.24) is 10.0 Å². The van der Waals surface area contributed by atoms with Gasteiger partial charge in [-0.2, -0.15) is 17.9 Å². The topological polar surface area (TPSA) is 64.9 Å². The van der Waals surface area contributed by atoms with Crippen LogP contribution >= 0.6 is 24.6 Å². The first-order valence-electron chi connectivity index (χ1n) is 5.76. The molecule has 0 saturated heterocycles. The summed E-state index contributed by atoms with van der Waals surface area (Å²) in [6.45, 7) is 4.11. The highest BCUT2D eigenvalue weighted by molar-refractivity contribution is 7.97. The molecule has 2 N–H and O–H groups in total. The summed E-state index contributed by atoms with van der Waals surface area (Å²) < 4.78 is 2.97. The monoisotopic (exact) mass is 297 g/mol. The molecular weight excluding hydrogens is 278 g/mol. The van der Waals surface area contributed by atoms with Gasteiger partial charge in [-0.25, -0.2) is 0 Å². The van der Waals surface area contributed by atoms with Crippen LogP contribution in [-0.4, -0.2) is 24.7 Å². The van der Waals surface area contributed by atoms with Crippen LogP contribution < -0.4 is 10.0 Å². The molecule has 0 atom stereocenters. The van der Waals surface area contributed by atoms with E-state index in [9.17, 15) is 4.79 Å². The molecule has 1 aromatic carbocycles. The molecule has 0 bridgehead atoms. The number of thiol groups is 1. The zero-order valence-electron chi connectivity index (χ0n) is 11.3. The molecule has 0 saturated carbocycles. The molecule has 0 spiro atoms. The van der Waals surface area contributed by atoms with Crippen molar-refractivity contribution in [2.24, 2.45) is 0 Å². The number of carbonyl (C=O) groups excluding carboxylic acids is 1. The first-order chi connectivity index (χ1) is 9.11. The molecule has 1 aromatic rings. The first-order valence-corrected chi connectivity index (χ1v) is 7.47. The molecule has 0 aliphatic carbocycles. The van der Waals surface area contributed by atoms with E-state index in [1.165, 1.54) is 11.9 Å². The van der Waals surface area contributed by atoms with Gasteiger partial charge < -0.3 is 5.32 Å². The lowest BCUT2D eigenvalue weighted by Gasteiger charge is -2.08.